The Labute approximate surface area is 164 Å². The monoisotopic (exact) mass is 386 g/mol. The van der Waals surface area contributed by atoms with E-state index in [1.165, 1.54) is 0 Å². The number of nitrogens with zero attached hydrogens (tertiary/aromatic N) is 3. The summed E-state index contributed by atoms with van der Waals surface area (Å²) in [5.41, 5.74) is 6.89. The SMILES string of the molecule is CCC1CC(N)(CC(=O)O)CCN1CC1CN(c2ccc(C#N)cc2)C(=O)O1. The lowest BCUT2D eigenvalue weighted by Crippen LogP contribution is -2.57. The first kappa shape index (κ1) is 20.1. The summed E-state index contributed by atoms with van der Waals surface area (Å²) < 4.78 is 5.55. The fourth-order valence-electron chi connectivity index (χ4n) is 4.16. The summed E-state index contributed by atoms with van der Waals surface area (Å²) in [7, 11) is 0. The van der Waals surface area contributed by atoms with Crippen molar-refractivity contribution in [2.45, 2.75) is 50.3 Å². The number of amides is 1. The number of likely N-dealkylation sites (tertiary alicyclic amines) is 1. The molecule has 0 spiro atoms. The van der Waals surface area contributed by atoms with E-state index in [-0.39, 0.29) is 24.7 Å². The molecule has 1 amide bonds. The summed E-state index contributed by atoms with van der Waals surface area (Å²) in [5, 5.41) is 18.0. The number of anilines is 1. The number of carboxylic acid groups (broad SMARTS) is 1. The summed E-state index contributed by atoms with van der Waals surface area (Å²) in [6.45, 7) is 3.79. The van der Waals surface area contributed by atoms with Crippen LogP contribution in [0.15, 0.2) is 24.3 Å². The van der Waals surface area contributed by atoms with Crippen molar-refractivity contribution in [2.75, 3.05) is 24.5 Å². The van der Waals surface area contributed by atoms with Gasteiger partial charge in [-0.05, 0) is 43.5 Å². The van der Waals surface area contributed by atoms with Gasteiger partial charge in [0.1, 0.15) is 6.10 Å². The van der Waals surface area contributed by atoms with E-state index in [0.29, 0.717) is 43.7 Å². The predicted molar refractivity (Wildman–Crippen MR) is 103 cm³/mol. The van der Waals surface area contributed by atoms with Crippen molar-refractivity contribution in [1.29, 1.82) is 5.26 Å². The highest BCUT2D eigenvalue weighted by atomic mass is 16.6. The van der Waals surface area contributed by atoms with E-state index in [0.717, 1.165) is 6.42 Å². The molecule has 2 fully saturated rings. The topological polar surface area (TPSA) is 120 Å². The maximum Gasteiger partial charge on any atom is 0.414 e. The molecule has 2 aliphatic rings. The Morgan fingerprint density at radius 3 is 2.75 bits per heavy atom. The Morgan fingerprint density at radius 1 is 1.43 bits per heavy atom. The lowest BCUT2D eigenvalue weighted by atomic mass is 9.80. The van der Waals surface area contributed by atoms with E-state index < -0.39 is 11.5 Å². The van der Waals surface area contributed by atoms with Crippen molar-refractivity contribution in [2.24, 2.45) is 5.73 Å². The number of nitrogens with two attached hydrogens (primary N) is 1. The summed E-state index contributed by atoms with van der Waals surface area (Å²) >= 11 is 0. The smallest absolute Gasteiger partial charge is 0.414 e. The van der Waals surface area contributed by atoms with Gasteiger partial charge in [0.2, 0.25) is 0 Å². The zero-order valence-corrected chi connectivity index (χ0v) is 16.0. The Balaban J connectivity index is 1.62. The largest absolute Gasteiger partial charge is 0.481 e. The second-order valence-corrected chi connectivity index (χ2v) is 7.72. The highest BCUT2D eigenvalue weighted by molar-refractivity contribution is 5.89. The molecular weight excluding hydrogens is 360 g/mol. The van der Waals surface area contributed by atoms with Gasteiger partial charge in [0.15, 0.2) is 0 Å². The average Bonchev–Trinajstić information content (AvgIpc) is 3.03. The fraction of sp³-hybridized carbons (Fsp3) is 0.550. The molecule has 1 aromatic rings. The molecule has 0 saturated carbocycles. The van der Waals surface area contributed by atoms with Crippen molar-refractivity contribution < 1.29 is 19.4 Å². The van der Waals surface area contributed by atoms with E-state index in [1.807, 2.05) is 0 Å². The number of ether oxygens (including phenoxy) is 1. The van der Waals surface area contributed by atoms with Gasteiger partial charge in [-0.3, -0.25) is 14.6 Å². The van der Waals surface area contributed by atoms with Gasteiger partial charge in [0.05, 0.1) is 24.6 Å². The zero-order chi connectivity index (χ0) is 20.3. The quantitative estimate of drug-likeness (QED) is 0.766. The van der Waals surface area contributed by atoms with Gasteiger partial charge in [-0.1, -0.05) is 6.92 Å². The molecule has 28 heavy (non-hydrogen) atoms. The van der Waals surface area contributed by atoms with E-state index in [1.54, 1.807) is 29.2 Å². The normalized spacial score (nSPS) is 28.0. The summed E-state index contributed by atoms with van der Waals surface area (Å²) in [6.07, 6.45) is 1.41. The molecule has 8 heteroatoms. The summed E-state index contributed by atoms with van der Waals surface area (Å²) in [4.78, 5) is 27.2. The number of rotatable bonds is 6. The van der Waals surface area contributed by atoms with E-state index in [9.17, 15) is 9.59 Å². The number of nitriles is 1. The summed E-state index contributed by atoms with van der Waals surface area (Å²) in [6, 6.07) is 9.07. The average molecular weight is 386 g/mol. The first-order valence-corrected chi connectivity index (χ1v) is 9.56. The second kappa shape index (κ2) is 8.17. The van der Waals surface area contributed by atoms with E-state index in [2.05, 4.69) is 17.9 Å². The molecule has 2 heterocycles. The van der Waals surface area contributed by atoms with Crippen LogP contribution in [0.2, 0.25) is 0 Å². The van der Waals surface area contributed by atoms with Crippen LogP contribution in [0.4, 0.5) is 10.5 Å². The van der Waals surface area contributed by atoms with Crippen molar-refractivity contribution >= 4 is 17.7 Å². The Morgan fingerprint density at radius 2 is 2.14 bits per heavy atom. The number of piperidine rings is 1. The molecule has 3 atom stereocenters. The minimum atomic E-state index is -0.867. The van der Waals surface area contributed by atoms with Crippen LogP contribution in [0, 0.1) is 11.3 Å². The van der Waals surface area contributed by atoms with Crippen LogP contribution in [0.1, 0.15) is 38.2 Å². The third kappa shape index (κ3) is 4.43. The van der Waals surface area contributed by atoms with Crippen LogP contribution in [-0.2, 0) is 9.53 Å². The lowest BCUT2D eigenvalue weighted by molar-refractivity contribution is -0.139. The second-order valence-electron chi connectivity index (χ2n) is 7.72. The molecule has 3 N–H and O–H groups in total. The highest BCUT2D eigenvalue weighted by Crippen LogP contribution is 2.31. The van der Waals surface area contributed by atoms with Crippen molar-refractivity contribution in [3.8, 4) is 6.07 Å². The van der Waals surface area contributed by atoms with Crippen LogP contribution in [0.5, 0.6) is 0 Å². The number of hydrogen-bond donors (Lipinski definition) is 2. The molecule has 8 nitrogen and oxygen atoms in total. The van der Waals surface area contributed by atoms with Gasteiger partial charge in [-0.25, -0.2) is 4.79 Å². The molecule has 0 aromatic heterocycles. The molecular formula is C20H26N4O4. The number of carbonyl (C=O) groups excluding carboxylic acids is 1. The first-order chi connectivity index (χ1) is 13.3. The third-order valence-electron chi connectivity index (χ3n) is 5.65. The van der Waals surface area contributed by atoms with Crippen LogP contribution in [0.25, 0.3) is 0 Å². The van der Waals surface area contributed by atoms with Gasteiger partial charge in [-0.2, -0.15) is 5.26 Å². The molecule has 1 aromatic carbocycles. The Hall–Kier alpha value is -2.63. The Bertz CT molecular complexity index is 775. The number of benzene rings is 1. The third-order valence-corrected chi connectivity index (χ3v) is 5.65. The van der Waals surface area contributed by atoms with Gasteiger partial charge < -0.3 is 15.6 Å². The maximum atomic E-state index is 12.3. The van der Waals surface area contributed by atoms with E-state index >= 15 is 0 Å². The number of cyclic esters (lactones) is 1. The number of aliphatic carboxylic acids is 1. The first-order valence-electron chi connectivity index (χ1n) is 9.56. The molecule has 0 bridgehead atoms. The predicted octanol–water partition coefficient (Wildman–Crippen LogP) is 1.93. The highest BCUT2D eigenvalue weighted by Gasteiger charge is 2.40. The van der Waals surface area contributed by atoms with Crippen LogP contribution in [-0.4, -0.2) is 59.4 Å². The summed E-state index contributed by atoms with van der Waals surface area (Å²) in [5.74, 6) is -0.867. The molecule has 2 aliphatic heterocycles. The molecule has 150 valence electrons. The van der Waals surface area contributed by atoms with E-state index in [4.69, 9.17) is 20.8 Å². The molecule has 2 saturated heterocycles. The molecule has 0 radical (unpaired) electrons. The van der Waals surface area contributed by atoms with Crippen molar-refractivity contribution in [1.82, 2.24) is 4.90 Å². The maximum absolute atomic E-state index is 12.3. The van der Waals surface area contributed by atoms with Gasteiger partial charge >= 0.3 is 12.1 Å². The minimum absolute atomic E-state index is 0.0256. The number of hydrogen-bond acceptors (Lipinski definition) is 6. The van der Waals surface area contributed by atoms with Crippen LogP contribution in [0.3, 0.4) is 0 Å². The van der Waals surface area contributed by atoms with Gasteiger partial charge in [0, 0.05) is 30.4 Å². The standard InChI is InChI=1S/C20H26N4O4/c1-2-15-9-20(22,10-18(25)26)7-8-23(15)12-17-13-24(19(27)28-17)16-5-3-14(11-21)4-6-16/h3-6,15,17H,2,7-10,12-13,22H2,1H3,(H,25,26). The van der Waals surface area contributed by atoms with Gasteiger partial charge in [-0.15, -0.1) is 0 Å². The molecule has 0 aliphatic carbocycles. The fourth-order valence-corrected chi connectivity index (χ4v) is 4.16. The zero-order valence-electron chi connectivity index (χ0n) is 16.0. The lowest BCUT2D eigenvalue weighted by Gasteiger charge is -2.44. The number of carbonyl (C=O) groups is 2. The minimum Gasteiger partial charge on any atom is -0.481 e. The van der Waals surface area contributed by atoms with Gasteiger partial charge in [0.25, 0.3) is 0 Å². The molecule has 3 rings (SSSR count). The molecule has 3 unspecified atom stereocenters. The van der Waals surface area contributed by atoms with Crippen LogP contribution < -0.4 is 10.6 Å². The van der Waals surface area contributed by atoms with Crippen LogP contribution >= 0.6 is 0 Å². The number of carboxylic acids is 1. The Kier molecular flexibility index (Phi) is 5.87. The van der Waals surface area contributed by atoms with Crippen molar-refractivity contribution in [3.63, 3.8) is 0 Å². The van der Waals surface area contributed by atoms with Crippen molar-refractivity contribution in [3.05, 3.63) is 29.8 Å².